The van der Waals surface area contributed by atoms with E-state index in [2.05, 4.69) is 10.1 Å². The van der Waals surface area contributed by atoms with E-state index >= 15 is 0 Å². The summed E-state index contributed by atoms with van der Waals surface area (Å²) in [4.78, 5) is 30.3. The highest BCUT2D eigenvalue weighted by Gasteiger charge is 2.41. The number of carboxylic acids is 1. The van der Waals surface area contributed by atoms with Gasteiger partial charge in [0.05, 0.1) is 17.7 Å². The molecule has 1 amide bonds. The number of amides is 1. The molecule has 132 valence electrons. The van der Waals surface area contributed by atoms with E-state index in [-0.39, 0.29) is 12.3 Å². The van der Waals surface area contributed by atoms with Gasteiger partial charge in [-0.05, 0) is 31.9 Å². The van der Waals surface area contributed by atoms with E-state index in [0.29, 0.717) is 13.0 Å². The van der Waals surface area contributed by atoms with Gasteiger partial charge in [-0.15, -0.1) is 0 Å². The van der Waals surface area contributed by atoms with Crippen LogP contribution in [0.15, 0.2) is 24.5 Å². The Labute approximate surface area is 146 Å². The quantitative estimate of drug-likeness (QED) is 0.918. The average molecular weight is 342 g/mol. The maximum absolute atomic E-state index is 12.7. The van der Waals surface area contributed by atoms with E-state index < -0.39 is 17.9 Å². The van der Waals surface area contributed by atoms with Crippen LogP contribution in [0.3, 0.4) is 0 Å². The van der Waals surface area contributed by atoms with Gasteiger partial charge in [0.25, 0.3) is 0 Å². The molecule has 0 saturated carbocycles. The van der Waals surface area contributed by atoms with Crippen molar-refractivity contribution in [1.82, 2.24) is 19.7 Å². The fraction of sp³-hybridized carbons (Fsp3) is 0.444. The third-order valence-corrected chi connectivity index (χ3v) is 5.04. The Kier molecular flexibility index (Phi) is 4.57. The number of rotatable bonds is 4. The number of carbonyl (C=O) groups is 2. The van der Waals surface area contributed by atoms with Gasteiger partial charge < -0.3 is 10.0 Å². The molecule has 7 heteroatoms. The largest absolute Gasteiger partial charge is 0.481 e. The van der Waals surface area contributed by atoms with Crippen LogP contribution in [-0.4, -0.2) is 36.6 Å². The van der Waals surface area contributed by atoms with Gasteiger partial charge in [0.2, 0.25) is 5.91 Å². The maximum Gasteiger partial charge on any atom is 0.308 e. The first kappa shape index (κ1) is 17.1. The molecule has 0 aliphatic carbocycles. The number of hydrogen-bond acceptors (Lipinski definition) is 4. The van der Waals surface area contributed by atoms with Crippen molar-refractivity contribution in [2.24, 2.45) is 13.0 Å². The minimum atomic E-state index is -0.883. The summed E-state index contributed by atoms with van der Waals surface area (Å²) in [6.07, 6.45) is 3.88. The van der Waals surface area contributed by atoms with Crippen LogP contribution in [0.4, 0.5) is 0 Å². The maximum atomic E-state index is 12.7. The van der Waals surface area contributed by atoms with E-state index in [4.69, 9.17) is 0 Å². The lowest BCUT2D eigenvalue weighted by Gasteiger charge is -2.39. The fourth-order valence-electron chi connectivity index (χ4n) is 3.58. The molecule has 2 aromatic rings. The van der Waals surface area contributed by atoms with E-state index in [1.807, 2.05) is 27.0 Å². The average Bonchev–Trinajstić information content (AvgIpc) is 2.83. The van der Waals surface area contributed by atoms with Crippen LogP contribution >= 0.6 is 0 Å². The molecule has 1 aliphatic heterocycles. The predicted molar refractivity (Wildman–Crippen MR) is 90.6 cm³/mol. The third kappa shape index (κ3) is 3.14. The molecule has 0 unspecified atom stereocenters. The molecule has 0 aromatic carbocycles. The number of piperidine rings is 1. The van der Waals surface area contributed by atoms with Gasteiger partial charge in [-0.1, -0.05) is 6.07 Å². The van der Waals surface area contributed by atoms with Crippen molar-refractivity contribution in [1.29, 1.82) is 0 Å². The summed E-state index contributed by atoms with van der Waals surface area (Å²) in [5, 5.41) is 14.1. The topological polar surface area (TPSA) is 88.3 Å². The number of aromatic nitrogens is 3. The van der Waals surface area contributed by atoms with Crippen molar-refractivity contribution in [3.05, 3.63) is 47.0 Å². The Balaban J connectivity index is 2.03. The van der Waals surface area contributed by atoms with Gasteiger partial charge in [-0.25, -0.2) is 0 Å². The molecule has 7 nitrogen and oxygen atoms in total. The monoisotopic (exact) mass is 342 g/mol. The summed E-state index contributed by atoms with van der Waals surface area (Å²) >= 11 is 0. The zero-order valence-corrected chi connectivity index (χ0v) is 14.6. The molecular weight excluding hydrogens is 320 g/mol. The number of carboxylic acid groups (broad SMARTS) is 1. The molecule has 0 bridgehead atoms. The lowest BCUT2D eigenvalue weighted by Crippen LogP contribution is -2.45. The van der Waals surface area contributed by atoms with Crippen LogP contribution in [-0.2, 0) is 23.2 Å². The zero-order chi connectivity index (χ0) is 18.1. The minimum Gasteiger partial charge on any atom is -0.481 e. The molecule has 3 heterocycles. The second-order valence-electron chi connectivity index (χ2n) is 6.51. The van der Waals surface area contributed by atoms with Gasteiger partial charge >= 0.3 is 5.97 Å². The molecule has 0 radical (unpaired) electrons. The van der Waals surface area contributed by atoms with Gasteiger partial charge in [0, 0.05) is 43.7 Å². The molecular formula is C18H22N4O3. The number of aliphatic carboxylic acids is 1. The SMILES string of the molecule is Cc1nn(C)c(C)c1CN1C(=O)CC[C@H](C(=O)O)[C@H]1c1cccnc1. The molecule has 25 heavy (non-hydrogen) atoms. The van der Waals surface area contributed by atoms with Crippen LogP contribution < -0.4 is 0 Å². The number of nitrogens with zero attached hydrogens (tertiary/aromatic N) is 4. The van der Waals surface area contributed by atoms with Gasteiger partial charge in [0.1, 0.15) is 0 Å². The lowest BCUT2D eigenvalue weighted by atomic mass is 9.84. The molecule has 1 saturated heterocycles. The van der Waals surface area contributed by atoms with E-state index in [1.165, 1.54) is 0 Å². The highest BCUT2D eigenvalue weighted by Crippen LogP contribution is 2.38. The van der Waals surface area contributed by atoms with Crippen molar-refractivity contribution < 1.29 is 14.7 Å². The molecule has 1 N–H and O–H groups in total. The predicted octanol–water partition coefficient (Wildman–Crippen LogP) is 2.00. The smallest absolute Gasteiger partial charge is 0.308 e. The Morgan fingerprint density at radius 3 is 2.72 bits per heavy atom. The Morgan fingerprint density at radius 2 is 2.16 bits per heavy atom. The fourth-order valence-corrected chi connectivity index (χ4v) is 3.58. The van der Waals surface area contributed by atoms with Crippen LogP contribution in [0.1, 0.15) is 41.4 Å². The Morgan fingerprint density at radius 1 is 1.40 bits per heavy atom. The van der Waals surface area contributed by atoms with Crippen LogP contribution in [0.5, 0.6) is 0 Å². The second-order valence-corrected chi connectivity index (χ2v) is 6.51. The van der Waals surface area contributed by atoms with Gasteiger partial charge in [-0.3, -0.25) is 19.3 Å². The molecule has 2 atom stereocenters. The lowest BCUT2D eigenvalue weighted by molar-refractivity contribution is -0.152. The van der Waals surface area contributed by atoms with Gasteiger partial charge in [0.15, 0.2) is 0 Å². The molecule has 1 aliphatic rings. The standard InChI is InChI=1S/C18H22N4O3/c1-11-15(12(2)21(3)20-11)10-22-16(23)7-6-14(18(24)25)17(22)13-5-4-8-19-9-13/h4-5,8-9,14,17H,6-7,10H2,1-3H3,(H,24,25)/t14-,17+/m0/s1. The first-order chi connectivity index (χ1) is 11.9. The minimum absolute atomic E-state index is 0.0333. The first-order valence-electron chi connectivity index (χ1n) is 8.31. The summed E-state index contributed by atoms with van der Waals surface area (Å²) < 4.78 is 1.78. The summed E-state index contributed by atoms with van der Waals surface area (Å²) in [6.45, 7) is 4.22. The first-order valence-corrected chi connectivity index (χ1v) is 8.31. The summed E-state index contributed by atoms with van der Waals surface area (Å²) in [5.41, 5.74) is 3.56. The number of pyridine rings is 1. The van der Waals surface area contributed by atoms with Crippen molar-refractivity contribution in [2.45, 2.75) is 39.3 Å². The molecule has 3 rings (SSSR count). The number of likely N-dealkylation sites (tertiary alicyclic amines) is 1. The number of carbonyl (C=O) groups excluding carboxylic acids is 1. The number of aryl methyl sites for hydroxylation is 2. The van der Waals surface area contributed by atoms with Crippen molar-refractivity contribution >= 4 is 11.9 Å². The van der Waals surface area contributed by atoms with Crippen molar-refractivity contribution in [3.63, 3.8) is 0 Å². The zero-order valence-electron chi connectivity index (χ0n) is 14.6. The highest BCUT2D eigenvalue weighted by atomic mass is 16.4. The Hall–Kier alpha value is -2.70. The van der Waals surface area contributed by atoms with Crippen LogP contribution in [0, 0.1) is 19.8 Å². The molecule has 1 fully saturated rings. The van der Waals surface area contributed by atoms with E-state index in [1.54, 1.807) is 28.0 Å². The summed E-state index contributed by atoms with van der Waals surface area (Å²) in [6, 6.07) is 3.08. The third-order valence-electron chi connectivity index (χ3n) is 5.04. The van der Waals surface area contributed by atoms with Crippen LogP contribution in [0.2, 0.25) is 0 Å². The van der Waals surface area contributed by atoms with Crippen LogP contribution in [0.25, 0.3) is 0 Å². The second kappa shape index (κ2) is 6.66. The van der Waals surface area contributed by atoms with Gasteiger partial charge in [-0.2, -0.15) is 5.10 Å². The highest BCUT2D eigenvalue weighted by molar-refractivity contribution is 5.81. The molecule has 2 aromatic heterocycles. The van der Waals surface area contributed by atoms with E-state index in [9.17, 15) is 14.7 Å². The summed E-state index contributed by atoms with van der Waals surface area (Å²) in [5.74, 6) is -1.56. The Bertz CT molecular complexity index is 800. The van der Waals surface area contributed by atoms with Crippen molar-refractivity contribution in [3.8, 4) is 0 Å². The molecule has 0 spiro atoms. The van der Waals surface area contributed by atoms with Crippen molar-refractivity contribution in [2.75, 3.05) is 0 Å². The number of hydrogen-bond donors (Lipinski definition) is 1. The van der Waals surface area contributed by atoms with E-state index in [0.717, 1.165) is 22.5 Å². The summed E-state index contributed by atoms with van der Waals surface area (Å²) in [7, 11) is 1.86. The normalized spacial score (nSPS) is 20.8.